The molecule has 0 aliphatic heterocycles. The molecule has 0 aromatic rings. The zero-order valence-corrected chi connectivity index (χ0v) is 38.8. The van der Waals surface area contributed by atoms with Gasteiger partial charge in [-0.2, -0.15) is 0 Å². The fourth-order valence-corrected chi connectivity index (χ4v) is 7.66. The van der Waals surface area contributed by atoms with Crippen LogP contribution in [0.1, 0.15) is 285 Å². The van der Waals surface area contributed by atoms with E-state index in [1.165, 1.54) is 180 Å². The molecular weight excluding hydrogens is 709 g/mol. The molecule has 0 saturated carbocycles. The minimum Gasteiger partial charge on any atom is -0.462 e. The first-order valence-electron chi connectivity index (χ1n) is 25.4. The van der Waals surface area contributed by atoms with Gasteiger partial charge in [0.2, 0.25) is 0 Å². The van der Waals surface area contributed by atoms with Gasteiger partial charge in [-0.25, -0.2) is 0 Å². The van der Waals surface area contributed by atoms with Crippen LogP contribution in [-0.2, 0) is 28.6 Å². The summed E-state index contributed by atoms with van der Waals surface area (Å²) in [5.41, 5.74) is 0. The molecule has 338 valence electrons. The van der Waals surface area contributed by atoms with Crippen molar-refractivity contribution in [3.05, 3.63) is 0 Å². The summed E-state index contributed by atoms with van der Waals surface area (Å²) in [6, 6.07) is 0. The lowest BCUT2D eigenvalue weighted by atomic mass is 9.99. The molecule has 6 nitrogen and oxygen atoms in total. The fourth-order valence-electron chi connectivity index (χ4n) is 7.66. The van der Waals surface area contributed by atoms with Crippen molar-refractivity contribution in [2.75, 3.05) is 13.2 Å². The van der Waals surface area contributed by atoms with Gasteiger partial charge in [0.1, 0.15) is 13.2 Å². The fraction of sp³-hybridized carbons (Fsp3) is 0.941. The van der Waals surface area contributed by atoms with Crippen molar-refractivity contribution in [2.24, 2.45) is 5.92 Å². The summed E-state index contributed by atoms with van der Waals surface area (Å²) in [4.78, 5) is 37.8. The molecule has 0 radical (unpaired) electrons. The largest absolute Gasteiger partial charge is 0.462 e. The van der Waals surface area contributed by atoms with Crippen molar-refractivity contribution in [3.8, 4) is 0 Å². The van der Waals surface area contributed by atoms with Crippen LogP contribution in [0.2, 0.25) is 0 Å². The van der Waals surface area contributed by atoms with E-state index < -0.39 is 6.10 Å². The lowest BCUT2D eigenvalue weighted by molar-refractivity contribution is -0.167. The summed E-state index contributed by atoms with van der Waals surface area (Å²) in [6.07, 6.45) is 46.5. The third-order valence-electron chi connectivity index (χ3n) is 11.9. The third-order valence-corrected chi connectivity index (χ3v) is 11.9. The number of carbonyl (C=O) groups is 3. The second-order valence-electron chi connectivity index (χ2n) is 17.7. The lowest BCUT2D eigenvalue weighted by Gasteiger charge is -2.18. The zero-order valence-electron chi connectivity index (χ0n) is 38.8. The second-order valence-corrected chi connectivity index (χ2v) is 17.7. The highest BCUT2D eigenvalue weighted by Gasteiger charge is 2.19. The molecule has 0 aliphatic rings. The van der Waals surface area contributed by atoms with Crippen molar-refractivity contribution < 1.29 is 28.6 Å². The monoisotopic (exact) mass is 807 g/mol. The van der Waals surface area contributed by atoms with E-state index >= 15 is 0 Å². The number of rotatable bonds is 46. The van der Waals surface area contributed by atoms with E-state index in [2.05, 4.69) is 27.7 Å². The van der Waals surface area contributed by atoms with Gasteiger partial charge in [0.05, 0.1) is 0 Å². The van der Waals surface area contributed by atoms with Crippen molar-refractivity contribution in [1.29, 1.82) is 0 Å². The van der Waals surface area contributed by atoms with E-state index in [0.717, 1.165) is 63.7 Å². The molecule has 1 unspecified atom stereocenters. The Hall–Kier alpha value is -1.59. The number of hydrogen-bond acceptors (Lipinski definition) is 6. The Balaban J connectivity index is 4.27. The number of ether oxygens (including phenoxy) is 3. The van der Waals surface area contributed by atoms with Gasteiger partial charge in [-0.3, -0.25) is 14.4 Å². The first-order chi connectivity index (χ1) is 27.9. The van der Waals surface area contributed by atoms with Crippen LogP contribution in [0.4, 0.5) is 0 Å². The molecule has 0 aromatic heterocycles. The molecule has 0 N–H and O–H groups in total. The van der Waals surface area contributed by atoms with E-state index in [9.17, 15) is 14.4 Å². The molecular formula is C51H98O6. The third kappa shape index (κ3) is 43.8. The highest BCUT2D eigenvalue weighted by Crippen LogP contribution is 2.17. The molecule has 0 aliphatic carbocycles. The molecule has 6 heteroatoms. The first-order valence-corrected chi connectivity index (χ1v) is 25.4. The molecule has 0 heterocycles. The van der Waals surface area contributed by atoms with Crippen molar-refractivity contribution in [2.45, 2.75) is 291 Å². The Morgan fingerprint density at radius 1 is 0.351 bits per heavy atom. The van der Waals surface area contributed by atoms with Crippen molar-refractivity contribution >= 4 is 17.9 Å². The van der Waals surface area contributed by atoms with Crippen LogP contribution < -0.4 is 0 Å². The van der Waals surface area contributed by atoms with Crippen LogP contribution in [0.3, 0.4) is 0 Å². The normalized spacial score (nSPS) is 12.4. The van der Waals surface area contributed by atoms with E-state index in [1.54, 1.807) is 0 Å². The molecule has 2 atom stereocenters. The molecule has 0 aromatic carbocycles. The summed E-state index contributed by atoms with van der Waals surface area (Å²) < 4.78 is 16.8. The van der Waals surface area contributed by atoms with Gasteiger partial charge in [-0.1, -0.05) is 246 Å². The highest BCUT2D eigenvalue weighted by atomic mass is 16.6. The van der Waals surface area contributed by atoms with Gasteiger partial charge in [0.15, 0.2) is 6.10 Å². The van der Waals surface area contributed by atoms with Crippen LogP contribution in [0.15, 0.2) is 0 Å². The van der Waals surface area contributed by atoms with Crippen LogP contribution >= 0.6 is 0 Å². The van der Waals surface area contributed by atoms with Gasteiger partial charge in [-0.05, 0) is 25.2 Å². The lowest BCUT2D eigenvalue weighted by Crippen LogP contribution is -2.30. The average Bonchev–Trinajstić information content (AvgIpc) is 3.21. The summed E-state index contributed by atoms with van der Waals surface area (Å²) >= 11 is 0. The zero-order chi connectivity index (χ0) is 41.7. The maximum Gasteiger partial charge on any atom is 0.306 e. The Morgan fingerprint density at radius 3 is 0.912 bits per heavy atom. The SMILES string of the molecule is CCCCCCCCCCCCCCCCCCC(=O)OC[C@@H](COC(=O)CCCCCCCCCCC)OC(=O)CCCCCCCCCCCCC(C)CC. The van der Waals surface area contributed by atoms with E-state index in [0.29, 0.717) is 19.3 Å². The van der Waals surface area contributed by atoms with Crippen molar-refractivity contribution in [1.82, 2.24) is 0 Å². The predicted octanol–water partition coefficient (Wildman–Crippen LogP) is 16.3. The topological polar surface area (TPSA) is 78.9 Å². The van der Waals surface area contributed by atoms with Crippen LogP contribution in [-0.4, -0.2) is 37.2 Å². The van der Waals surface area contributed by atoms with Crippen LogP contribution in [0.5, 0.6) is 0 Å². The van der Waals surface area contributed by atoms with E-state index in [1.807, 2.05) is 0 Å². The maximum absolute atomic E-state index is 12.8. The Bertz CT molecular complexity index is 859. The smallest absolute Gasteiger partial charge is 0.306 e. The summed E-state index contributed by atoms with van der Waals surface area (Å²) in [7, 11) is 0. The summed E-state index contributed by atoms with van der Waals surface area (Å²) in [6.45, 7) is 9.03. The number of unbranched alkanes of at least 4 members (excludes halogenated alkanes) is 32. The second kappa shape index (κ2) is 45.5. The Labute approximate surface area is 355 Å². The maximum atomic E-state index is 12.8. The summed E-state index contributed by atoms with van der Waals surface area (Å²) in [5.74, 6) is 0.0186. The molecule has 0 fully saturated rings. The highest BCUT2D eigenvalue weighted by molar-refractivity contribution is 5.71. The van der Waals surface area contributed by atoms with Crippen LogP contribution in [0.25, 0.3) is 0 Å². The number of carbonyl (C=O) groups excluding carboxylic acids is 3. The molecule has 0 bridgehead atoms. The number of esters is 3. The minimum atomic E-state index is -0.760. The first kappa shape index (κ1) is 55.4. The Kier molecular flexibility index (Phi) is 44.2. The van der Waals surface area contributed by atoms with Gasteiger partial charge in [0, 0.05) is 19.3 Å². The average molecular weight is 807 g/mol. The number of hydrogen-bond donors (Lipinski definition) is 0. The van der Waals surface area contributed by atoms with Gasteiger partial charge in [-0.15, -0.1) is 0 Å². The van der Waals surface area contributed by atoms with Gasteiger partial charge in [0.25, 0.3) is 0 Å². The predicted molar refractivity (Wildman–Crippen MR) is 243 cm³/mol. The van der Waals surface area contributed by atoms with Gasteiger partial charge >= 0.3 is 17.9 Å². The molecule has 0 rings (SSSR count). The Morgan fingerprint density at radius 2 is 0.614 bits per heavy atom. The summed E-state index contributed by atoms with van der Waals surface area (Å²) in [5, 5.41) is 0. The standard InChI is InChI=1S/C51H98O6/c1-5-8-10-12-14-16-17-18-19-20-21-22-27-31-35-39-43-50(53)56-46-48(45-55-49(52)42-38-34-30-25-15-13-11-9-6-2)57-51(54)44-40-36-32-28-24-23-26-29-33-37-41-47(4)7-3/h47-48H,5-46H2,1-4H3/t47?,48-/m1/s1. The molecule has 0 saturated heterocycles. The van der Waals surface area contributed by atoms with Gasteiger partial charge < -0.3 is 14.2 Å². The molecule has 0 spiro atoms. The molecule has 57 heavy (non-hydrogen) atoms. The van der Waals surface area contributed by atoms with Crippen molar-refractivity contribution in [3.63, 3.8) is 0 Å². The van der Waals surface area contributed by atoms with E-state index in [4.69, 9.17) is 14.2 Å². The molecule has 0 amide bonds. The quantitative estimate of drug-likeness (QED) is 0.0346. The van der Waals surface area contributed by atoms with E-state index in [-0.39, 0.29) is 31.1 Å². The minimum absolute atomic E-state index is 0.0631. The van der Waals surface area contributed by atoms with Crippen LogP contribution in [0, 0.1) is 5.92 Å².